The second kappa shape index (κ2) is 6.19. The molecular weight excluding hydrogens is 229 g/mol. The van der Waals surface area contributed by atoms with Crippen LogP contribution in [0, 0.1) is 11.7 Å². The average Bonchev–Trinajstić information content (AvgIpc) is 2.91. The number of ether oxygens (including phenoxy) is 1. The first-order valence-corrected chi connectivity index (χ1v) is 6.90. The minimum atomic E-state index is -0.185. The van der Waals surface area contributed by atoms with Crippen LogP contribution < -0.4 is 10.1 Å². The van der Waals surface area contributed by atoms with E-state index in [4.69, 9.17) is 4.74 Å². The molecule has 0 radical (unpaired) electrons. The van der Waals surface area contributed by atoms with E-state index in [-0.39, 0.29) is 11.9 Å². The second-order valence-corrected chi connectivity index (χ2v) is 4.92. The molecule has 1 aromatic rings. The van der Waals surface area contributed by atoms with Crippen molar-refractivity contribution in [1.29, 1.82) is 0 Å². The molecule has 3 heteroatoms. The summed E-state index contributed by atoms with van der Waals surface area (Å²) in [5.41, 5.74) is 0.958. The molecular formula is C15H22FNO. The van der Waals surface area contributed by atoms with Crippen molar-refractivity contribution in [3.05, 3.63) is 29.6 Å². The van der Waals surface area contributed by atoms with Gasteiger partial charge >= 0.3 is 0 Å². The van der Waals surface area contributed by atoms with Crippen molar-refractivity contribution in [2.45, 2.75) is 39.2 Å². The van der Waals surface area contributed by atoms with E-state index < -0.39 is 0 Å². The molecule has 0 aromatic heterocycles. The largest absolute Gasteiger partial charge is 0.490 e. The van der Waals surface area contributed by atoms with Gasteiger partial charge in [-0.1, -0.05) is 13.8 Å². The summed E-state index contributed by atoms with van der Waals surface area (Å²) in [6.45, 7) is 6.29. The minimum absolute atomic E-state index is 0.185. The lowest BCUT2D eigenvalue weighted by Gasteiger charge is -2.24. The SMILES string of the molecule is CCc1cc(F)ccc1OC(CC)C1CCNC1. The third-order valence-corrected chi connectivity index (χ3v) is 3.71. The molecule has 2 nitrogen and oxygen atoms in total. The summed E-state index contributed by atoms with van der Waals surface area (Å²) in [7, 11) is 0. The van der Waals surface area contributed by atoms with E-state index >= 15 is 0 Å². The zero-order chi connectivity index (χ0) is 13.0. The molecule has 0 spiro atoms. The predicted octanol–water partition coefficient (Wildman–Crippen LogP) is 3.16. The van der Waals surface area contributed by atoms with Gasteiger partial charge in [0.1, 0.15) is 17.7 Å². The van der Waals surface area contributed by atoms with Crippen LogP contribution in [0.2, 0.25) is 0 Å². The van der Waals surface area contributed by atoms with E-state index in [2.05, 4.69) is 12.2 Å². The molecule has 1 heterocycles. The van der Waals surface area contributed by atoms with E-state index in [1.807, 2.05) is 6.92 Å². The van der Waals surface area contributed by atoms with E-state index in [0.29, 0.717) is 5.92 Å². The number of rotatable bonds is 5. The van der Waals surface area contributed by atoms with Gasteiger partial charge in [0.15, 0.2) is 0 Å². The molecule has 1 aromatic carbocycles. The van der Waals surface area contributed by atoms with E-state index in [1.54, 1.807) is 12.1 Å². The Bertz CT molecular complexity index is 388. The highest BCUT2D eigenvalue weighted by Gasteiger charge is 2.25. The summed E-state index contributed by atoms with van der Waals surface area (Å²) in [6, 6.07) is 4.82. The van der Waals surface area contributed by atoms with E-state index in [1.165, 1.54) is 12.5 Å². The van der Waals surface area contributed by atoms with Crippen LogP contribution in [0.25, 0.3) is 0 Å². The Labute approximate surface area is 109 Å². The van der Waals surface area contributed by atoms with Crippen molar-refractivity contribution in [2.75, 3.05) is 13.1 Å². The van der Waals surface area contributed by atoms with Gasteiger partial charge in [0.25, 0.3) is 0 Å². The average molecular weight is 251 g/mol. The Morgan fingerprint density at radius 3 is 2.89 bits per heavy atom. The van der Waals surface area contributed by atoms with E-state index in [9.17, 15) is 4.39 Å². The summed E-state index contributed by atoms with van der Waals surface area (Å²) in [5.74, 6) is 1.23. The van der Waals surface area contributed by atoms with Crippen LogP contribution in [0.5, 0.6) is 5.75 Å². The summed E-state index contributed by atoms with van der Waals surface area (Å²) in [6.07, 6.45) is 3.19. The lowest BCUT2D eigenvalue weighted by molar-refractivity contribution is 0.137. The quantitative estimate of drug-likeness (QED) is 0.868. The molecule has 0 saturated carbocycles. The Kier molecular flexibility index (Phi) is 4.59. The number of aryl methyl sites for hydroxylation is 1. The number of benzene rings is 1. The standard InChI is InChI=1S/C15H22FNO/c1-3-11-9-13(16)5-6-15(11)18-14(4-2)12-7-8-17-10-12/h5-6,9,12,14,17H,3-4,7-8,10H2,1-2H3. The maximum atomic E-state index is 13.2. The van der Waals surface area contributed by atoms with Gasteiger partial charge in [0.05, 0.1) is 0 Å². The highest BCUT2D eigenvalue weighted by Crippen LogP contribution is 2.26. The van der Waals surface area contributed by atoms with Crippen LogP contribution in [0.15, 0.2) is 18.2 Å². The van der Waals surface area contributed by atoms with Gasteiger partial charge in [-0.2, -0.15) is 0 Å². The highest BCUT2D eigenvalue weighted by atomic mass is 19.1. The monoisotopic (exact) mass is 251 g/mol. The zero-order valence-electron chi connectivity index (χ0n) is 11.2. The van der Waals surface area contributed by atoms with Crippen molar-refractivity contribution in [3.8, 4) is 5.75 Å². The third-order valence-electron chi connectivity index (χ3n) is 3.71. The van der Waals surface area contributed by atoms with Crippen molar-refractivity contribution in [2.24, 2.45) is 5.92 Å². The first-order chi connectivity index (χ1) is 8.74. The molecule has 2 rings (SSSR count). The fraction of sp³-hybridized carbons (Fsp3) is 0.600. The highest BCUT2D eigenvalue weighted by molar-refractivity contribution is 5.34. The zero-order valence-corrected chi connectivity index (χ0v) is 11.2. The van der Waals surface area contributed by atoms with Crippen molar-refractivity contribution in [1.82, 2.24) is 5.32 Å². The van der Waals surface area contributed by atoms with Crippen LogP contribution in [0.4, 0.5) is 4.39 Å². The van der Waals surface area contributed by atoms with Crippen LogP contribution >= 0.6 is 0 Å². The summed E-state index contributed by atoms with van der Waals surface area (Å²) >= 11 is 0. The molecule has 1 aliphatic rings. The Morgan fingerprint density at radius 1 is 1.44 bits per heavy atom. The Balaban J connectivity index is 2.10. The summed E-state index contributed by atoms with van der Waals surface area (Å²) < 4.78 is 19.3. The topological polar surface area (TPSA) is 21.3 Å². The molecule has 2 unspecified atom stereocenters. The summed E-state index contributed by atoms with van der Waals surface area (Å²) in [5, 5.41) is 3.37. The fourth-order valence-electron chi connectivity index (χ4n) is 2.61. The van der Waals surface area contributed by atoms with Gasteiger partial charge in [-0.15, -0.1) is 0 Å². The molecule has 0 amide bonds. The third kappa shape index (κ3) is 3.02. The Hall–Kier alpha value is -1.09. The van der Waals surface area contributed by atoms with Gasteiger partial charge in [-0.05, 0) is 49.6 Å². The van der Waals surface area contributed by atoms with Crippen LogP contribution in [0.3, 0.4) is 0 Å². The molecule has 1 aliphatic heterocycles. The van der Waals surface area contributed by atoms with E-state index in [0.717, 1.165) is 37.2 Å². The van der Waals surface area contributed by atoms with Gasteiger partial charge in [0.2, 0.25) is 0 Å². The minimum Gasteiger partial charge on any atom is -0.490 e. The molecule has 1 N–H and O–H groups in total. The van der Waals surface area contributed by atoms with Crippen LogP contribution in [0.1, 0.15) is 32.3 Å². The number of nitrogens with one attached hydrogen (secondary N) is 1. The normalized spacial score (nSPS) is 20.9. The first kappa shape index (κ1) is 13.3. The molecule has 18 heavy (non-hydrogen) atoms. The summed E-state index contributed by atoms with van der Waals surface area (Å²) in [4.78, 5) is 0. The van der Waals surface area contributed by atoms with Gasteiger partial charge < -0.3 is 10.1 Å². The van der Waals surface area contributed by atoms with Gasteiger partial charge in [-0.3, -0.25) is 0 Å². The van der Waals surface area contributed by atoms with Crippen LogP contribution in [-0.4, -0.2) is 19.2 Å². The second-order valence-electron chi connectivity index (χ2n) is 4.92. The van der Waals surface area contributed by atoms with Crippen molar-refractivity contribution in [3.63, 3.8) is 0 Å². The molecule has 0 aliphatic carbocycles. The molecule has 0 bridgehead atoms. The smallest absolute Gasteiger partial charge is 0.123 e. The van der Waals surface area contributed by atoms with Gasteiger partial charge in [-0.25, -0.2) is 4.39 Å². The first-order valence-electron chi connectivity index (χ1n) is 6.90. The Morgan fingerprint density at radius 2 is 2.28 bits per heavy atom. The van der Waals surface area contributed by atoms with Crippen molar-refractivity contribution < 1.29 is 9.13 Å². The number of hydrogen-bond acceptors (Lipinski definition) is 2. The van der Waals surface area contributed by atoms with Crippen molar-refractivity contribution >= 4 is 0 Å². The fourth-order valence-corrected chi connectivity index (χ4v) is 2.61. The number of halogens is 1. The molecule has 1 saturated heterocycles. The lowest BCUT2D eigenvalue weighted by atomic mass is 9.99. The maximum absolute atomic E-state index is 13.2. The molecule has 2 atom stereocenters. The number of hydrogen-bond donors (Lipinski definition) is 1. The lowest BCUT2D eigenvalue weighted by Crippen LogP contribution is -2.28. The maximum Gasteiger partial charge on any atom is 0.123 e. The molecule has 100 valence electrons. The van der Waals surface area contributed by atoms with Crippen LogP contribution in [-0.2, 0) is 6.42 Å². The molecule has 1 fully saturated rings. The van der Waals surface area contributed by atoms with Gasteiger partial charge in [0, 0.05) is 12.5 Å². The predicted molar refractivity (Wildman–Crippen MR) is 71.5 cm³/mol.